The first-order chi connectivity index (χ1) is 6.67. The molecule has 1 aromatic rings. The summed E-state index contributed by atoms with van der Waals surface area (Å²) in [5, 5.41) is 0. The molecule has 1 aromatic carbocycles. The number of carbonyl (C=O) groups excluding carboxylic acids is 1. The number of carbonyl (C=O) groups is 1. The van der Waals surface area contributed by atoms with Crippen LogP contribution in [0.1, 0.15) is 35.7 Å². The molecule has 0 aromatic heterocycles. The largest absolute Gasteiger partial charge is 0.436 e. The van der Waals surface area contributed by atoms with Crippen LogP contribution in [0.25, 0.3) is 0 Å². The Bertz CT molecular complexity index is 375. The van der Waals surface area contributed by atoms with Gasteiger partial charge in [0.2, 0.25) is 0 Å². The molecule has 1 heterocycles. The molecule has 0 saturated heterocycles. The molecule has 14 heavy (non-hydrogen) atoms. The number of cyclic esters (lactones) is 1. The SMILES string of the molecule is CCCC1(N)OC(=O)c2ccccc21. The highest BCUT2D eigenvalue weighted by Gasteiger charge is 2.41. The number of esters is 1. The zero-order valence-electron chi connectivity index (χ0n) is 8.12. The summed E-state index contributed by atoms with van der Waals surface area (Å²) in [5.74, 6) is -0.309. The Labute approximate surface area is 82.9 Å². The fourth-order valence-electron chi connectivity index (χ4n) is 1.86. The van der Waals surface area contributed by atoms with E-state index in [1.165, 1.54) is 0 Å². The van der Waals surface area contributed by atoms with Crippen molar-refractivity contribution in [2.24, 2.45) is 5.73 Å². The second-order valence-corrected chi connectivity index (χ2v) is 3.57. The summed E-state index contributed by atoms with van der Waals surface area (Å²) < 4.78 is 5.20. The van der Waals surface area contributed by atoms with Crippen molar-refractivity contribution in [1.82, 2.24) is 0 Å². The Morgan fingerprint density at radius 3 is 2.86 bits per heavy atom. The van der Waals surface area contributed by atoms with Gasteiger partial charge in [0, 0.05) is 12.0 Å². The lowest BCUT2D eigenvalue weighted by molar-refractivity contribution is -0.00989. The Morgan fingerprint density at radius 1 is 1.43 bits per heavy atom. The second-order valence-electron chi connectivity index (χ2n) is 3.57. The molecule has 0 aliphatic carbocycles. The average Bonchev–Trinajstić information content (AvgIpc) is 2.41. The molecule has 0 spiro atoms. The van der Waals surface area contributed by atoms with E-state index in [9.17, 15) is 4.79 Å². The smallest absolute Gasteiger partial charge is 0.340 e. The van der Waals surface area contributed by atoms with Crippen LogP contribution in [0, 0.1) is 0 Å². The highest BCUT2D eigenvalue weighted by Crippen LogP contribution is 2.35. The van der Waals surface area contributed by atoms with Gasteiger partial charge >= 0.3 is 5.97 Å². The van der Waals surface area contributed by atoms with Crippen LogP contribution in [0.2, 0.25) is 0 Å². The third-order valence-electron chi connectivity index (χ3n) is 2.50. The molecule has 2 N–H and O–H groups in total. The lowest BCUT2D eigenvalue weighted by Gasteiger charge is -2.22. The molecule has 0 bridgehead atoms. The molecule has 1 aliphatic rings. The third-order valence-corrected chi connectivity index (χ3v) is 2.50. The number of hydrogen-bond acceptors (Lipinski definition) is 3. The summed E-state index contributed by atoms with van der Waals surface area (Å²) in [6.07, 6.45) is 1.55. The summed E-state index contributed by atoms with van der Waals surface area (Å²) in [6.45, 7) is 2.02. The summed E-state index contributed by atoms with van der Waals surface area (Å²) in [4.78, 5) is 11.5. The van der Waals surface area contributed by atoms with Crippen LogP contribution >= 0.6 is 0 Å². The minimum atomic E-state index is -0.900. The molecule has 3 nitrogen and oxygen atoms in total. The van der Waals surface area contributed by atoms with Gasteiger partial charge in [0.25, 0.3) is 0 Å². The van der Waals surface area contributed by atoms with Crippen molar-refractivity contribution in [3.05, 3.63) is 35.4 Å². The first-order valence-electron chi connectivity index (χ1n) is 4.79. The number of fused-ring (bicyclic) bond motifs is 1. The topological polar surface area (TPSA) is 52.3 Å². The zero-order chi connectivity index (χ0) is 10.2. The van der Waals surface area contributed by atoms with Gasteiger partial charge < -0.3 is 4.74 Å². The van der Waals surface area contributed by atoms with E-state index in [4.69, 9.17) is 10.5 Å². The van der Waals surface area contributed by atoms with Gasteiger partial charge in [0.05, 0.1) is 5.56 Å². The Hall–Kier alpha value is -1.35. The minimum absolute atomic E-state index is 0.309. The molecule has 0 saturated carbocycles. The lowest BCUT2D eigenvalue weighted by Crippen LogP contribution is -2.36. The lowest BCUT2D eigenvalue weighted by atomic mass is 9.97. The first-order valence-corrected chi connectivity index (χ1v) is 4.79. The van der Waals surface area contributed by atoms with Crippen LogP contribution in [0.3, 0.4) is 0 Å². The number of rotatable bonds is 2. The van der Waals surface area contributed by atoms with E-state index in [1.54, 1.807) is 6.07 Å². The zero-order valence-corrected chi connectivity index (χ0v) is 8.12. The van der Waals surface area contributed by atoms with Gasteiger partial charge in [-0.2, -0.15) is 0 Å². The van der Waals surface area contributed by atoms with Gasteiger partial charge in [-0.15, -0.1) is 0 Å². The first kappa shape index (κ1) is 9.21. The number of nitrogens with two attached hydrogens (primary N) is 1. The van der Waals surface area contributed by atoms with Crippen molar-refractivity contribution in [2.75, 3.05) is 0 Å². The summed E-state index contributed by atoms with van der Waals surface area (Å²) >= 11 is 0. The van der Waals surface area contributed by atoms with Gasteiger partial charge in [0.15, 0.2) is 5.72 Å². The predicted octanol–water partition coefficient (Wildman–Crippen LogP) is 1.77. The molecule has 1 atom stereocenters. The maximum Gasteiger partial charge on any atom is 0.340 e. The molecule has 1 aliphatic heterocycles. The van der Waals surface area contributed by atoms with Crippen LogP contribution in [0.4, 0.5) is 0 Å². The van der Waals surface area contributed by atoms with Gasteiger partial charge in [0.1, 0.15) is 0 Å². The van der Waals surface area contributed by atoms with Crippen LogP contribution in [-0.2, 0) is 10.5 Å². The van der Waals surface area contributed by atoms with Gasteiger partial charge in [-0.1, -0.05) is 31.5 Å². The van der Waals surface area contributed by atoms with E-state index in [0.717, 1.165) is 12.0 Å². The Kier molecular flexibility index (Phi) is 2.04. The second kappa shape index (κ2) is 3.10. The van der Waals surface area contributed by atoms with E-state index in [2.05, 4.69) is 0 Å². The van der Waals surface area contributed by atoms with Crippen LogP contribution < -0.4 is 5.73 Å². The maximum atomic E-state index is 11.5. The van der Waals surface area contributed by atoms with Gasteiger partial charge in [-0.05, 0) is 6.07 Å². The highest BCUT2D eigenvalue weighted by molar-refractivity contribution is 5.94. The van der Waals surface area contributed by atoms with Crippen LogP contribution in [0.5, 0.6) is 0 Å². The molecular weight excluding hydrogens is 178 g/mol. The van der Waals surface area contributed by atoms with E-state index in [-0.39, 0.29) is 5.97 Å². The molecule has 0 fully saturated rings. The van der Waals surface area contributed by atoms with Gasteiger partial charge in [-0.3, -0.25) is 5.73 Å². The fraction of sp³-hybridized carbons (Fsp3) is 0.364. The normalized spacial score (nSPS) is 24.6. The summed E-state index contributed by atoms with van der Waals surface area (Å²) in [6, 6.07) is 7.30. The third kappa shape index (κ3) is 1.21. The molecule has 3 heteroatoms. The van der Waals surface area contributed by atoms with Crippen LogP contribution in [0.15, 0.2) is 24.3 Å². The minimum Gasteiger partial charge on any atom is -0.436 e. The Balaban J connectivity index is 2.48. The molecule has 0 amide bonds. The molecule has 2 rings (SSSR count). The molecule has 0 radical (unpaired) electrons. The van der Waals surface area contributed by atoms with Crippen molar-refractivity contribution >= 4 is 5.97 Å². The predicted molar refractivity (Wildman–Crippen MR) is 52.6 cm³/mol. The van der Waals surface area contributed by atoms with E-state index in [1.807, 2.05) is 25.1 Å². The van der Waals surface area contributed by atoms with Crippen molar-refractivity contribution in [1.29, 1.82) is 0 Å². The van der Waals surface area contributed by atoms with E-state index >= 15 is 0 Å². The van der Waals surface area contributed by atoms with Gasteiger partial charge in [-0.25, -0.2) is 4.79 Å². The van der Waals surface area contributed by atoms with Crippen molar-refractivity contribution in [3.63, 3.8) is 0 Å². The van der Waals surface area contributed by atoms with E-state index < -0.39 is 5.72 Å². The quantitative estimate of drug-likeness (QED) is 0.725. The monoisotopic (exact) mass is 191 g/mol. The number of ether oxygens (including phenoxy) is 1. The average molecular weight is 191 g/mol. The standard InChI is InChI=1S/C11H13NO2/c1-2-7-11(12)9-6-4-3-5-8(9)10(13)14-11/h3-6H,2,7,12H2,1H3. The van der Waals surface area contributed by atoms with E-state index in [0.29, 0.717) is 12.0 Å². The van der Waals surface area contributed by atoms with Crippen molar-refractivity contribution in [2.45, 2.75) is 25.5 Å². The number of hydrogen-bond donors (Lipinski definition) is 1. The summed E-state index contributed by atoms with van der Waals surface area (Å²) in [5.41, 5.74) is 6.54. The molecular formula is C11H13NO2. The maximum absolute atomic E-state index is 11.5. The summed E-state index contributed by atoms with van der Waals surface area (Å²) in [7, 11) is 0. The number of benzene rings is 1. The molecule has 1 unspecified atom stereocenters. The van der Waals surface area contributed by atoms with Crippen LogP contribution in [-0.4, -0.2) is 5.97 Å². The van der Waals surface area contributed by atoms with Crippen molar-refractivity contribution < 1.29 is 9.53 Å². The molecule has 74 valence electrons. The van der Waals surface area contributed by atoms with Crippen molar-refractivity contribution in [3.8, 4) is 0 Å². The highest BCUT2D eigenvalue weighted by atomic mass is 16.6. The Morgan fingerprint density at radius 2 is 2.14 bits per heavy atom. The fourth-order valence-corrected chi connectivity index (χ4v) is 1.86.